The van der Waals surface area contributed by atoms with E-state index in [1.807, 2.05) is 6.07 Å². The molecule has 0 atom stereocenters. The van der Waals surface area contributed by atoms with E-state index in [9.17, 15) is 19.6 Å². The van der Waals surface area contributed by atoms with Gasteiger partial charge in [-0.2, -0.15) is 5.26 Å². The van der Waals surface area contributed by atoms with Gasteiger partial charge in [0.1, 0.15) is 16.7 Å². The van der Waals surface area contributed by atoms with E-state index in [-0.39, 0.29) is 35.6 Å². The normalized spacial score (nSPS) is 11.1. The third-order valence-corrected chi connectivity index (χ3v) is 6.12. The van der Waals surface area contributed by atoms with Crippen LogP contribution >= 0.6 is 27.3 Å². The highest BCUT2D eigenvalue weighted by molar-refractivity contribution is 9.10. The molecule has 0 aromatic carbocycles. The number of Topliss-reactive ketones (excluding diaryl/α,β-unsaturated/α-hetero) is 1. The number of allylic oxidation sites excluding steroid dienone is 1. The van der Waals surface area contributed by atoms with Crippen molar-refractivity contribution in [1.29, 1.82) is 5.26 Å². The second kappa shape index (κ2) is 11.1. The molecule has 0 saturated heterocycles. The molecular formula is C22H23BrN2O6S. The number of hydrogen-bond acceptors (Lipinski definition) is 9. The lowest BCUT2D eigenvalue weighted by Gasteiger charge is -2.07. The van der Waals surface area contributed by atoms with E-state index in [0.29, 0.717) is 26.6 Å². The zero-order chi connectivity index (χ0) is 24.0. The van der Waals surface area contributed by atoms with E-state index in [1.54, 1.807) is 45.8 Å². The predicted octanol–water partition coefficient (Wildman–Crippen LogP) is 4.55. The molecule has 2 aromatic heterocycles. The number of ketones is 1. The Balaban J connectivity index is 2.42. The van der Waals surface area contributed by atoms with Crippen LogP contribution in [0.1, 0.15) is 50.1 Å². The molecule has 2 rings (SSSR count). The third-order valence-electron chi connectivity index (χ3n) is 4.28. The van der Waals surface area contributed by atoms with Gasteiger partial charge in [-0.1, -0.05) is 0 Å². The first-order chi connectivity index (χ1) is 15.1. The van der Waals surface area contributed by atoms with Gasteiger partial charge in [-0.15, -0.1) is 11.3 Å². The number of carbonyl (C=O) groups excluding carboxylic acids is 3. The van der Waals surface area contributed by atoms with Gasteiger partial charge in [0.25, 0.3) is 0 Å². The Labute approximate surface area is 198 Å². The second-order valence-corrected chi connectivity index (χ2v) is 8.72. The molecule has 0 fully saturated rings. The minimum absolute atomic E-state index is 0.140. The van der Waals surface area contributed by atoms with Crippen LogP contribution in [0, 0.1) is 18.3 Å². The topological polar surface area (TPSA) is 110 Å². The van der Waals surface area contributed by atoms with Crippen LogP contribution in [0.25, 0.3) is 6.08 Å². The molecular weight excluding hydrogens is 500 g/mol. The monoisotopic (exact) mass is 522 g/mol. The van der Waals surface area contributed by atoms with Crippen molar-refractivity contribution in [3.63, 3.8) is 0 Å². The zero-order valence-electron chi connectivity index (χ0n) is 18.4. The molecule has 0 aliphatic carbocycles. The molecule has 8 nitrogen and oxygen atoms in total. The largest absolute Gasteiger partial charge is 0.462 e. The molecule has 0 aliphatic rings. The minimum Gasteiger partial charge on any atom is -0.462 e. The molecule has 0 aliphatic heterocycles. The third kappa shape index (κ3) is 5.66. The van der Waals surface area contributed by atoms with Gasteiger partial charge in [-0.05, 0) is 42.3 Å². The maximum atomic E-state index is 12.9. The Morgan fingerprint density at radius 2 is 1.84 bits per heavy atom. The van der Waals surface area contributed by atoms with Crippen LogP contribution in [-0.4, -0.2) is 45.0 Å². The quantitative estimate of drug-likeness (QED) is 0.268. The maximum absolute atomic E-state index is 12.9. The minimum atomic E-state index is -0.632. The molecule has 0 spiro atoms. The molecule has 0 radical (unpaired) electrons. The van der Waals surface area contributed by atoms with Gasteiger partial charge in [-0.25, -0.2) is 9.59 Å². The Kier molecular flexibility index (Phi) is 8.80. The summed E-state index contributed by atoms with van der Waals surface area (Å²) < 4.78 is 16.5. The van der Waals surface area contributed by atoms with Crippen LogP contribution in [0.3, 0.4) is 0 Å². The number of thiophene rings is 1. The lowest BCUT2D eigenvalue weighted by atomic mass is 10.0. The summed E-state index contributed by atoms with van der Waals surface area (Å²) in [7, 11) is 3.59. The number of carbonyl (C=O) groups is 3. The highest BCUT2D eigenvalue weighted by Gasteiger charge is 2.28. The van der Waals surface area contributed by atoms with Crippen molar-refractivity contribution in [2.75, 3.05) is 32.2 Å². The Bertz CT molecular complexity index is 1110. The van der Waals surface area contributed by atoms with E-state index >= 15 is 0 Å². The molecule has 0 N–H and O–H groups in total. The summed E-state index contributed by atoms with van der Waals surface area (Å²) in [5.74, 6) is -0.863. The highest BCUT2D eigenvalue weighted by atomic mass is 79.9. The summed E-state index contributed by atoms with van der Waals surface area (Å²) in [6, 6.07) is 3.54. The van der Waals surface area contributed by atoms with E-state index in [1.165, 1.54) is 6.08 Å². The first kappa shape index (κ1) is 25.4. The standard InChI is InChI=1S/C22H23BrN2O6S/c1-6-29-21(27)18-12(3)19(22(28)30-7-2)32-17(18)10-16(26)13(11-24)8-14-9-15(23)20(31-14)25(4)5/h8-9H,6-7,10H2,1-5H3/b13-8+. The van der Waals surface area contributed by atoms with E-state index in [0.717, 1.165) is 11.3 Å². The van der Waals surface area contributed by atoms with Crippen LogP contribution < -0.4 is 4.90 Å². The second-order valence-electron chi connectivity index (χ2n) is 6.76. The summed E-state index contributed by atoms with van der Waals surface area (Å²) >= 11 is 4.36. The van der Waals surface area contributed by atoms with Crippen molar-refractivity contribution >= 4 is 56.9 Å². The van der Waals surface area contributed by atoms with Gasteiger partial charge in [0.2, 0.25) is 5.88 Å². The van der Waals surface area contributed by atoms with Crippen LogP contribution in [0.2, 0.25) is 0 Å². The first-order valence-corrected chi connectivity index (χ1v) is 11.3. The molecule has 0 unspecified atom stereocenters. The average Bonchev–Trinajstić information content (AvgIpc) is 3.25. The van der Waals surface area contributed by atoms with Gasteiger partial charge >= 0.3 is 11.9 Å². The van der Waals surface area contributed by atoms with E-state index < -0.39 is 17.7 Å². The number of ether oxygens (including phenoxy) is 2. The number of anilines is 1. The molecule has 10 heteroatoms. The zero-order valence-corrected chi connectivity index (χ0v) is 20.8. The molecule has 170 valence electrons. The predicted molar refractivity (Wildman–Crippen MR) is 124 cm³/mol. The van der Waals surface area contributed by atoms with Gasteiger partial charge in [0.05, 0.1) is 28.8 Å². The number of nitrogens with zero attached hydrogens (tertiary/aromatic N) is 2. The van der Waals surface area contributed by atoms with Gasteiger partial charge in [0, 0.05) is 37.5 Å². The van der Waals surface area contributed by atoms with E-state index in [2.05, 4.69) is 15.9 Å². The first-order valence-electron chi connectivity index (χ1n) is 9.72. The van der Waals surface area contributed by atoms with Crippen molar-refractivity contribution in [3.8, 4) is 6.07 Å². The lowest BCUT2D eigenvalue weighted by Crippen LogP contribution is -2.12. The molecule has 0 amide bonds. The van der Waals surface area contributed by atoms with Crippen LogP contribution in [0.5, 0.6) is 0 Å². The van der Waals surface area contributed by atoms with Crippen LogP contribution in [-0.2, 0) is 20.7 Å². The summed E-state index contributed by atoms with van der Waals surface area (Å²) in [5, 5.41) is 9.54. The summed E-state index contributed by atoms with van der Waals surface area (Å²) in [5.41, 5.74) is 0.402. The number of esters is 2. The summed E-state index contributed by atoms with van der Waals surface area (Å²) in [6.07, 6.45) is 1.09. The van der Waals surface area contributed by atoms with Crippen LogP contribution in [0.15, 0.2) is 20.5 Å². The molecule has 2 heterocycles. The van der Waals surface area contributed by atoms with Crippen LogP contribution in [0.4, 0.5) is 5.88 Å². The Morgan fingerprint density at radius 1 is 1.22 bits per heavy atom. The Hall–Kier alpha value is -2.90. The molecule has 32 heavy (non-hydrogen) atoms. The molecule has 0 saturated carbocycles. The van der Waals surface area contributed by atoms with Crippen molar-refractivity contribution < 1.29 is 28.3 Å². The average molecular weight is 523 g/mol. The van der Waals surface area contributed by atoms with E-state index in [4.69, 9.17) is 13.9 Å². The Morgan fingerprint density at radius 3 is 2.38 bits per heavy atom. The lowest BCUT2D eigenvalue weighted by molar-refractivity contribution is -0.114. The van der Waals surface area contributed by atoms with Gasteiger partial charge < -0.3 is 18.8 Å². The fourth-order valence-electron chi connectivity index (χ4n) is 2.87. The number of nitriles is 1. The highest BCUT2D eigenvalue weighted by Crippen LogP contribution is 2.32. The van der Waals surface area contributed by atoms with Gasteiger partial charge in [0.15, 0.2) is 5.78 Å². The molecule has 2 aromatic rings. The number of furan rings is 1. The SMILES string of the molecule is CCOC(=O)c1sc(CC(=O)/C(C#N)=C/c2cc(Br)c(N(C)C)o2)c(C(=O)OCC)c1C. The summed E-state index contributed by atoms with van der Waals surface area (Å²) in [4.78, 5) is 40.0. The number of hydrogen-bond donors (Lipinski definition) is 0. The fraction of sp³-hybridized carbons (Fsp3) is 0.364. The van der Waals surface area contributed by atoms with Crippen molar-refractivity contribution in [2.45, 2.75) is 27.2 Å². The molecule has 0 bridgehead atoms. The number of halogens is 1. The van der Waals surface area contributed by atoms with Crippen molar-refractivity contribution in [2.24, 2.45) is 0 Å². The smallest absolute Gasteiger partial charge is 0.348 e. The van der Waals surface area contributed by atoms with Crippen molar-refractivity contribution in [3.05, 3.63) is 42.8 Å². The fourth-order valence-corrected chi connectivity index (χ4v) is 4.72. The maximum Gasteiger partial charge on any atom is 0.348 e. The summed E-state index contributed by atoms with van der Waals surface area (Å²) in [6.45, 7) is 5.26. The van der Waals surface area contributed by atoms with Gasteiger partial charge in [-0.3, -0.25) is 4.79 Å². The van der Waals surface area contributed by atoms with Crippen molar-refractivity contribution in [1.82, 2.24) is 0 Å². The number of rotatable bonds is 9.